The van der Waals surface area contributed by atoms with Crippen LogP contribution in [0.5, 0.6) is 5.75 Å². The van der Waals surface area contributed by atoms with Crippen LogP contribution in [0.2, 0.25) is 0 Å². The highest BCUT2D eigenvalue weighted by Crippen LogP contribution is 2.29. The van der Waals surface area contributed by atoms with Crippen molar-refractivity contribution in [3.8, 4) is 5.75 Å². The van der Waals surface area contributed by atoms with E-state index < -0.39 is 0 Å². The summed E-state index contributed by atoms with van der Waals surface area (Å²) in [5, 5.41) is 3.56. The van der Waals surface area contributed by atoms with E-state index in [0.717, 1.165) is 43.5 Å². The Kier molecular flexibility index (Phi) is 7.33. The minimum absolute atomic E-state index is 0.132. The topological polar surface area (TPSA) is 76.5 Å². The molecule has 0 saturated carbocycles. The van der Waals surface area contributed by atoms with Crippen LogP contribution in [-0.4, -0.2) is 53.9 Å². The van der Waals surface area contributed by atoms with Gasteiger partial charge in [0, 0.05) is 29.6 Å². The van der Waals surface area contributed by atoms with E-state index in [-0.39, 0.29) is 17.3 Å². The van der Waals surface area contributed by atoms with E-state index in [1.54, 1.807) is 13.2 Å². The van der Waals surface area contributed by atoms with Crippen molar-refractivity contribution in [3.05, 3.63) is 46.0 Å². The number of amides is 1. The molecule has 0 radical (unpaired) electrons. The van der Waals surface area contributed by atoms with Crippen LogP contribution in [-0.2, 0) is 24.2 Å². The lowest BCUT2D eigenvalue weighted by Gasteiger charge is -2.15. The standard InChI is InChI=1S/C21H28N4O3S/c1-24(2)11-6-12-25-18-10-5-9-17(18)20(23-21(25)27)29-14-19(26)22-15-7-4-8-16(13-15)28-3/h4,7-8,13H,5-6,9-12,14H2,1-3H3,(H,22,26). The number of thioether (sulfide) groups is 1. The Balaban J connectivity index is 1.66. The van der Waals surface area contributed by atoms with Gasteiger partial charge in [-0.1, -0.05) is 17.8 Å². The minimum atomic E-state index is -0.208. The van der Waals surface area contributed by atoms with E-state index in [1.165, 1.54) is 11.8 Å². The van der Waals surface area contributed by atoms with Gasteiger partial charge in [-0.2, -0.15) is 4.98 Å². The number of carbonyl (C=O) groups excluding carboxylic acids is 1. The summed E-state index contributed by atoms with van der Waals surface area (Å²) >= 11 is 1.34. The number of benzene rings is 1. The monoisotopic (exact) mass is 416 g/mol. The number of anilines is 1. The molecule has 2 aromatic rings. The van der Waals surface area contributed by atoms with Crippen molar-refractivity contribution in [2.45, 2.75) is 37.3 Å². The van der Waals surface area contributed by atoms with Gasteiger partial charge < -0.3 is 15.0 Å². The average Bonchev–Trinajstić information content (AvgIpc) is 3.18. The molecule has 29 heavy (non-hydrogen) atoms. The molecule has 1 aromatic carbocycles. The Morgan fingerprint density at radius 2 is 2.17 bits per heavy atom. The molecule has 8 heteroatoms. The van der Waals surface area contributed by atoms with Crippen LogP contribution in [0.4, 0.5) is 5.69 Å². The van der Waals surface area contributed by atoms with Gasteiger partial charge in [0.25, 0.3) is 0 Å². The Labute approximate surface area is 175 Å². The van der Waals surface area contributed by atoms with Crippen molar-refractivity contribution in [2.75, 3.05) is 38.8 Å². The van der Waals surface area contributed by atoms with Crippen LogP contribution in [0.25, 0.3) is 0 Å². The van der Waals surface area contributed by atoms with Crippen molar-refractivity contribution >= 4 is 23.4 Å². The lowest BCUT2D eigenvalue weighted by atomic mass is 10.2. The van der Waals surface area contributed by atoms with Gasteiger partial charge in [-0.05, 0) is 58.5 Å². The van der Waals surface area contributed by atoms with Gasteiger partial charge in [0.1, 0.15) is 10.8 Å². The summed E-state index contributed by atoms with van der Waals surface area (Å²) in [5.74, 6) is 0.764. The van der Waals surface area contributed by atoms with Crippen LogP contribution in [0.15, 0.2) is 34.1 Å². The number of nitrogens with one attached hydrogen (secondary N) is 1. The first-order chi connectivity index (χ1) is 14.0. The maximum atomic E-state index is 12.6. The summed E-state index contributed by atoms with van der Waals surface area (Å²) in [4.78, 5) is 31.4. The molecule has 0 atom stereocenters. The molecule has 0 saturated heterocycles. The molecular formula is C21H28N4O3S. The quantitative estimate of drug-likeness (QED) is 0.500. The molecule has 0 fully saturated rings. The van der Waals surface area contributed by atoms with Crippen molar-refractivity contribution < 1.29 is 9.53 Å². The molecule has 1 aliphatic rings. The predicted molar refractivity (Wildman–Crippen MR) is 116 cm³/mol. The number of hydrogen-bond acceptors (Lipinski definition) is 6. The number of aromatic nitrogens is 2. The van der Waals surface area contributed by atoms with Gasteiger partial charge in [-0.25, -0.2) is 4.79 Å². The van der Waals surface area contributed by atoms with Crippen LogP contribution < -0.4 is 15.7 Å². The van der Waals surface area contributed by atoms with Gasteiger partial charge in [0.15, 0.2) is 0 Å². The number of rotatable bonds is 9. The third-order valence-corrected chi connectivity index (χ3v) is 5.90. The first-order valence-electron chi connectivity index (χ1n) is 9.82. The highest BCUT2D eigenvalue weighted by molar-refractivity contribution is 8.00. The van der Waals surface area contributed by atoms with Crippen molar-refractivity contribution in [1.82, 2.24) is 14.5 Å². The van der Waals surface area contributed by atoms with E-state index in [0.29, 0.717) is 23.0 Å². The van der Waals surface area contributed by atoms with Crippen LogP contribution in [0, 0.1) is 0 Å². The second-order valence-electron chi connectivity index (χ2n) is 7.36. The highest BCUT2D eigenvalue weighted by Gasteiger charge is 2.22. The average molecular weight is 417 g/mol. The SMILES string of the molecule is COc1cccc(NC(=O)CSc2nc(=O)n(CCCN(C)C)c3c2CCC3)c1. The van der Waals surface area contributed by atoms with E-state index in [9.17, 15) is 9.59 Å². The largest absolute Gasteiger partial charge is 0.497 e. The fourth-order valence-corrected chi connectivity index (χ4v) is 4.39. The van der Waals surface area contributed by atoms with Gasteiger partial charge >= 0.3 is 5.69 Å². The molecule has 7 nitrogen and oxygen atoms in total. The van der Waals surface area contributed by atoms with E-state index >= 15 is 0 Å². The molecule has 0 unspecified atom stereocenters. The molecular weight excluding hydrogens is 388 g/mol. The Morgan fingerprint density at radius 3 is 2.93 bits per heavy atom. The smallest absolute Gasteiger partial charge is 0.348 e. The highest BCUT2D eigenvalue weighted by atomic mass is 32.2. The molecule has 1 heterocycles. The number of nitrogens with zero attached hydrogens (tertiary/aromatic N) is 3. The van der Waals surface area contributed by atoms with Crippen molar-refractivity contribution in [2.24, 2.45) is 0 Å². The zero-order valence-electron chi connectivity index (χ0n) is 17.2. The van der Waals surface area contributed by atoms with Crippen molar-refractivity contribution in [3.63, 3.8) is 0 Å². The zero-order chi connectivity index (χ0) is 20.8. The lowest BCUT2D eigenvalue weighted by molar-refractivity contribution is -0.113. The number of fused-ring (bicyclic) bond motifs is 1. The van der Waals surface area contributed by atoms with E-state index in [1.807, 2.05) is 36.9 Å². The summed E-state index contributed by atoms with van der Waals surface area (Å²) < 4.78 is 7.00. The molecule has 1 N–H and O–H groups in total. The number of hydrogen-bond donors (Lipinski definition) is 1. The summed E-state index contributed by atoms with van der Waals surface area (Å²) in [6.07, 6.45) is 3.75. The van der Waals surface area contributed by atoms with Crippen LogP contribution in [0.1, 0.15) is 24.1 Å². The molecule has 0 spiro atoms. The Hall–Kier alpha value is -2.32. The molecule has 0 bridgehead atoms. The fourth-order valence-electron chi connectivity index (χ4n) is 3.51. The molecule has 156 valence electrons. The molecule has 1 aromatic heterocycles. The molecule has 3 rings (SSSR count). The number of ether oxygens (including phenoxy) is 1. The molecule has 0 aliphatic heterocycles. The number of carbonyl (C=O) groups is 1. The third kappa shape index (κ3) is 5.61. The van der Waals surface area contributed by atoms with E-state index in [2.05, 4.69) is 15.2 Å². The summed E-state index contributed by atoms with van der Waals surface area (Å²) in [7, 11) is 5.65. The van der Waals surface area contributed by atoms with Gasteiger partial charge in [-0.15, -0.1) is 0 Å². The number of methoxy groups -OCH3 is 1. The Bertz CT molecular complexity index is 927. The Morgan fingerprint density at radius 1 is 1.34 bits per heavy atom. The first-order valence-corrected chi connectivity index (χ1v) is 10.8. The first kappa shape index (κ1) is 21.4. The van der Waals surface area contributed by atoms with E-state index in [4.69, 9.17) is 4.74 Å². The molecule has 1 amide bonds. The minimum Gasteiger partial charge on any atom is -0.497 e. The van der Waals surface area contributed by atoms with Crippen LogP contribution in [0.3, 0.4) is 0 Å². The molecule has 1 aliphatic carbocycles. The van der Waals surface area contributed by atoms with Gasteiger partial charge in [0.05, 0.1) is 12.9 Å². The predicted octanol–water partition coefficient (Wildman–Crippen LogP) is 2.42. The summed E-state index contributed by atoms with van der Waals surface area (Å²) in [6, 6.07) is 7.24. The van der Waals surface area contributed by atoms with Gasteiger partial charge in [0.2, 0.25) is 5.91 Å². The summed E-state index contributed by atoms with van der Waals surface area (Å²) in [6.45, 7) is 1.62. The second kappa shape index (κ2) is 9.93. The van der Waals surface area contributed by atoms with Gasteiger partial charge in [-0.3, -0.25) is 9.36 Å². The maximum absolute atomic E-state index is 12.6. The summed E-state index contributed by atoms with van der Waals surface area (Å²) in [5.41, 5.74) is 2.71. The fraction of sp³-hybridized carbons (Fsp3) is 0.476. The maximum Gasteiger partial charge on any atom is 0.348 e. The zero-order valence-corrected chi connectivity index (χ0v) is 18.1. The third-order valence-electron chi connectivity index (χ3n) is 4.88. The second-order valence-corrected chi connectivity index (χ2v) is 8.32. The lowest BCUT2D eigenvalue weighted by Crippen LogP contribution is -2.29. The van der Waals surface area contributed by atoms with Crippen molar-refractivity contribution in [1.29, 1.82) is 0 Å². The normalized spacial score (nSPS) is 12.8. The van der Waals surface area contributed by atoms with Crippen LogP contribution >= 0.6 is 11.8 Å².